The number of rotatable bonds is 5. The van der Waals surface area contributed by atoms with Crippen LogP contribution in [0.1, 0.15) is 50.9 Å². The Hall–Kier alpha value is -4.00. The van der Waals surface area contributed by atoms with E-state index in [0.717, 1.165) is 29.7 Å². The van der Waals surface area contributed by atoms with Crippen LogP contribution in [0.3, 0.4) is 0 Å². The van der Waals surface area contributed by atoms with E-state index in [1.165, 1.54) is 12.1 Å². The lowest BCUT2D eigenvalue weighted by Crippen LogP contribution is -2.38. The topological polar surface area (TPSA) is 78.1 Å². The van der Waals surface area contributed by atoms with Crippen LogP contribution in [-0.2, 0) is 6.54 Å². The molecule has 4 aromatic rings. The van der Waals surface area contributed by atoms with Crippen molar-refractivity contribution in [2.45, 2.75) is 25.3 Å². The van der Waals surface area contributed by atoms with E-state index >= 15 is 0 Å². The largest absolute Gasteiger partial charge is 0.348 e. The van der Waals surface area contributed by atoms with Gasteiger partial charge < -0.3 is 15.2 Å². The van der Waals surface area contributed by atoms with E-state index < -0.39 is 0 Å². The van der Waals surface area contributed by atoms with Gasteiger partial charge in [0.25, 0.3) is 11.8 Å². The van der Waals surface area contributed by atoms with Crippen molar-refractivity contribution in [2.75, 3.05) is 13.1 Å². The van der Waals surface area contributed by atoms with E-state index in [-0.39, 0.29) is 23.5 Å². The van der Waals surface area contributed by atoms with Crippen molar-refractivity contribution in [3.8, 4) is 0 Å². The summed E-state index contributed by atoms with van der Waals surface area (Å²) in [6.07, 6.45) is 1.61. The molecular weight excluding hydrogens is 431 g/mol. The SMILES string of the molecule is O=C(NCc1ccc(C(=O)N2CCC(c3nc4ccc(F)cc4[nH]3)CC2)cc1)c1ccccc1. The number of H-pyrrole nitrogens is 1. The fraction of sp³-hybridized carbons (Fsp3) is 0.222. The van der Waals surface area contributed by atoms with Gasteiger partial charge in [-0.25, -0.2) is 9.37 Å². The summed E-state index contributed by atoms with van der Waals surface area (Å²) in [4.78, 5) is 34.9. The lowest BCUT2D eigenvalue weighted by atomic mass is 9.95. The van der Waals surface area contributed by atoms with Crippen LogP contribution in [0.15, 0.2) is 72.8 Å². The lowest BCUT2D eigenvalue weighted by molar-refractivity contribution is 0.0711. The van der Waals surface area contributed by atoms with E-state index in [1.54, 1.807) is 18.2 Å². The fourth-order valence-corrected chi connectivity index (χ4v) is 4.37. The number of carbonyl (C=O) groups is 2. The third kappa shape index (κ3) is 4.69. The summed E-state index contributed by atoms with van der Waals surface area (Å²) in [6, 6.07) is 21.0. The third-order valence-corrected chi connectivity index (χ3v) is 6.32. The first kappa shape index (κ1) is 21.8. The van der Waals surface area contributed by atoms with Gasteiger partial charge in [-0.3, -0.25) is 9.59 Å². The van der Waals surface area contributed by atoms with Crippen LogP contribution in [0.2, 0.25) is 0 Å². The van der Waals surface area contributed by atoms with Crippen molar-refractivity contribution in [1.29, 1.82) is 0 Å². The number of halogens is 1. The highest BCUT2D eigenvalue weighted by Crippen LogP contribution is 2.28. The number of aromatic amines is 1. The molecule has 0 bridgehead atoms. The minimum atomic E-state index is -0.285. The maximum Gasteiger partial charge on any atom is 0.253 e. The Kier molecular flexibility index (Phi) is 6.08. The van der Waals surface area contributed by atoms with Gasteiger partial charge in [-0.15, -0.1) is 0 Å². The number of benzene rings is 3. The van der Waals surface area contributed by atoms with Gasteiger partial charge in [-0.2, -0.15) is 0 Å². The Morgan fingerprint density at radius 1 is 0.971 bits per heavy atom. The van der Waals surface area contributed by atoms with Crippen molar-refractivity contribution < 1.29 is 14.0 Å². The molecule has 0 atom stereocenters. The molecule has 6 nitrogen and oxygen atoms in total. The molecule has 0 spiro atoms. The van der Waals surface area contributed by atoms with Crippen LogP contribution in [0, 0.1) is 5.82 Å². The Balaban J connectivity index is 1.15. The number of hydrogen-bond acceptors (Lipinski definition) is 3. The second-order valence-electron chi connectivity index (χ2n) is 8.60. The molecule has 0 unspecified atom stereocenters. The van der Waals surface area contributed by atoms with Gasteiger partial charge >= 0.3 is 0 Å². The first-order valence-corrected chi connectivity index (χ1v) is 11.4. The maximum absolute atomic E-state index is 13.5. The molecule has 1 aliphatic heterocycles. The first-order valence-electron chi connectivity index (χ1n) is 11.4. The number of hydrogen-bond donors (Lipinski definition) is 2. The van der Waals surface area contributed by atoms with Gasteiger partial charge in [0.05, 0.1) is 11.0 Å². The van der Waals surface area contributed by atoms with Crippen LogP contribution in [0.25, 0.3) is 11.0 Å². The number of carbonyl (C=O) groups excluding carboxylic acids is 2. The zero-order valence-electron chi connectivity index (χ0n) is 18.6. The first-order chi connectivity index (χ1) is 16.6. The summed E-state index contributed by atoms with van der Waals surface area (Å²) >= 11 is 0. The number of imidazole rings is 1. The number of aromatic nitrogens is 2. The molecule has 1 fully saturated rings. The average molecular weight is 457 g/mol. The second kappa shape index (κ2) is 9.47. The Morgan fingerprint density at radius 2 is 1.71 bits per heavy atom. The van der Waals surface area contributed by atoms with Gasteiger partial charge in [-0.1, -0.05) is 30.3 Å². The molecule has 0 aliphatic carbocycles. The standard InChI is InChI=1S/C27H25FN4O2/c28-22-10-11-23-24(16-22)31-25(30-23)19-12-14-32(15-13-19)27(34)21-8-6-18(7-9-21)17-29-26(33)20-4-2-1-3-5-20/h1-11,16,19H,12-15,17H2,(H,29,33)(H,30,31). The molecule has 0 saturated carbocycles. The number of piperidine rings is 1. The number of nitrogens with one attached hydrogen (secondary N) is 2. The molecule has 2 N–H and O–H groups in total. The summed E-state index contributed by atoms with van der Waals surface area (Å²) in [5, 5.41) is 2.90. The zero-order chi connectivity index (χ0) is 23.5. The second-order valence-corrected chi connectivity index (χ2v) is 8.60. The van der Waals surface area contributed by atoms with Crippen LogP contribution >= 0.6 is 0 Å². The molecule has 0 radical (unpaired) electrons. The van der Waals surface area contributed by atoms with Crippen molar-refractivity contribution in [1.82, 2.24) is 20.2 Å². The van der Waals surface area contributed by atoms with E-state index in [2.05, 4.69) is 15.3 Å². The van der Waals surface area contributed by atoms with Crippen molar-refractivity contribution in [3.63, 3.8) is 0 Å². The van der Waals surface area contributed by atoms with Gasteiger partial charge in [0.15, 0.2) is 0 Å². The van der Waals surface area contributed by atoms with Crippen molar-refractivity contribution in [3.05, 3.63) is 101 Å². The summed E-state index contributed by atoms with van der Waals surface area (Å²) in [5.41, 5.74) is 3.65. The predicted molar refractivity (Wildman–Crippen MR) is 128 cm³/mol. The van der Waals surface area contributed by atoms with E-state index in [1.807, 2.05) is 47.4 Å². The molecule has 34 heavy (non-hydrogen) atoms. The Bertz CT molecular complexity index is 1310. The van der Waals surface area contributed by atoms with E-state index in [9.17, 15) is 14.0 Å². The van der Waals surface area contributed by atoms with E-state index in [4.69, 9.17) is 0 Å². The molecule has 2 heterocycles. The van der Waals surface area contributed by atoms with Gasteiger partial charge in [0.2, 0.25) is 0 Å². The average Bonchev–Trinajstić information content (AvgIpc) is 3.31. The molecule has 172 valence electrons. The third-order valence-electron chi connectivity index (χ3n) is 6.32. The van der Waals surface area contributed by atoms with Crippen molar-refractivity contribution in [2.24, 2.45) is 0 Å². The number of nitrogens with zero attached hydrogens (tertiary/aromatic N) is 2. The quantitative estimate of drug-likeness (QED) is 0.459. The number of amides is 2. The van der Waals surface area contributed by atoms with Crippen LogP contribution < -0.4 is 5.32 Å². The van der Waals surface area contributed by atoms with Crippen LogP contribution in [-0.4, -0.2) is 39.8 Å². The minimum absolute atomic E-state index is 0.00463. The highest BCUT2D eigenvalue weighted by Gasteiger charge is 2.26. The maximum atomic E-state index is 13.5. The summed E-state index contributed by atoms with van der Waals surface area (Å²) in [5.74, 6) is 0.667. The molecule has 1 aromatic heterocycles. The fourth-order valence-electron chi connectivity index (χ4n) is 4.37. The lowest BCUT2D eigenvalue weighted by Gasteiger charge is -2.31. The predicted octanol–water partition coefficient (Wildman–Crippen LogP) is 4.65. The van der Waals surface area contributed by atoms with Gasteiger partial charge in [0, 0.05) is 36.7 Å². The van der Waals surface area contributed by atoms with E-state index in [0.29, 0.717) is 36.3 Å². The molecule has 2 amide bonds. The molecule has 1 saturated heterocycles. The van der Waals surface area contributed by atoms with Gasteiger partial charge in [0.1, 0.15) is 11.6 Å². The summed E-state index contributed by atoms with van der Waals surface area (Å²) in [7, 11) is 0. The smallest absolute Gasteiger partial charge is 0.253 e. The molecule has 3 aromatic carbocycles. The normalized spacial score (nSPS) is 14.3. The van der Waals surface area contributed by atoms with Crippen molar-refractivity contribution >= 4 is 22.8 Å². The van der Waals surface area contributed by atoms with Gasteiger partial charge in [-0.05, 0) is 60.9 Å². The monoisotopic (exact) mass is 456 g/mol. The highest BCUT2D eigenvalue weighted by molar-refractivity contribution is 5.95. The molecule has 1 aliphatic rings. The van der Waals surface area contributed by atoms with Crippen LogP contribution in [0.5, 0.6) is 0 Å². The summed E-state index contributed by atoms with van der Waals surface area (Å²) in [6.45, 7) is 1.68. The van der Waals surface area contributed by atoms with Crippen LogP contribution in [0.4, 0.5) is 4.39 Å². The molecule has 7 heteroatoms. The Morgan fingerprint density at radius 3 is 2.44 bits per heavy atom. The minimum Gasteiger partial charge on any atom is -0.348 e. The molecular formula is C27H25FN4O2. The summed E-state index contributed by atoms with van der Waals surface area (Å²) < 4.78 is 13.5. The molecule has 5 rings (SSSR count). The number of fused-ring (bicyclic) bond motifs is 1. The zero-order valence-corrected chi connectivity index (χ0v) is 18.6. The number of likely N-dealkylation sites (tertiary alicyclic amines) is 1. The Labute approximate surface area is 196 Å². The highest BCUT2D eigenvalue weighted by atomic mass is 19.1.